The topological polar surface area (TPSA) is 38.8 Å². The minimum atomic E-state index is -2.86. The lowest BCUT2D eigenvalue weighted by atomic mass is 10.1. The number of halogens is 2. The summed E-state index contributed by atoms with van der Waals surface area (Å²) in [7, 11) is 0. The first-order valence-corrected chi connectivity index (χ1v) is 6.45. The van der Waals surface area contributed by atoms with Gasteiger partial charge in [-0.2, -0.15) is 8.78 Å². The number of hydrogen-bond acceptors (Lipinski definition) is 3. The summed E-state index contributed by atoms with van der Waals surface area (Å²) in [6.07, 6.45) is -0.0201. The zero-order valence-corrected chi connectivity index (χ0v) is 11.4. The van der Waals surface area contributed by atoms with Crippen molar-refractivity contribution in [1.82, 2.24) is 4.90 Å². The van der Waals surface area contributed by atoms with Gasteiger partial charge in [0.15, 0.2) is 0 Å². The van der Waals surface area contributed by atoms with Crippen LogP contribution in [0.4, 0.5) is 8.78 Å². The largest absolute Gasteiger partial charge is 0.435 e. The van der Waals surface area contributed by atoms with E-state index in [0.29, 0.717) is 18.7 Å². The van der Waals surface area contributed by atoms with Crippen molar-refractivity contribution in [2.24, 2.45) is 0 Å². The van der Waals surface area contributed by atoms with Crippen LogP contribution in [0, 0.1) is 0 Å². The second kappa shape index (κ2) is 6.17. The van der Waals surface area contributed by atoms with Gasteiger partial charge in [-0.1, -0.05) is 0 Å². The van der Waals surface area contributed by atoms with Gasteiger partial charge < -0.3 is 14.4 Å². The van der Waals surface area contributed by atoms with Gasteiger partial charge in [0.2, 0.25) is 0 Å². The average Bonchev–Trinajstić information content (AvgIpc) is 2.37. The summed E-state index contributed by atoms with van der Waals surface area (Å²) in [4.78, 5) is 14.0. The minimum absolute atomic E-state index is 0.0101. The number of hydrogen-bond donors (Lipinski definition) is 0. The zero-order valence-electron chi connectivity index (χ0n) is 11.4. The van der Waals surface area contributed by atoms with E-state index in [4.69, 9.17) is 4.74 Å². The molecule has 1 amide bonds. The van der Waals surface area contributed by atoms with Crippen LogP contribution in [0.5, 0.6) is 5.75 Å². The van der Waals surface area contributed by atoms with Gasteiger partial charge in [-0.05, 0) is 38.1 Å². The van der Waals surface area contributed by atoms with Crippen LogP contribution in [0.2, 0.25) is 0 Å². The number of ether oxygens (including phenoxy) is 2. The molecule has 6 heteroatoms. The molecule has 110 valence electrons. The molecule has 4 nitrogen and oxygen atoms in total. The second-order valence-corrected chi connectivity index (χ2v) is 4.87. The van der Waals surface area contributed by atoms with E-state index in [1.807, 2.05) is 13.8 Å². The van der Waals surface area contributed by atoms with E-state index in [-0.39, 0.29) is 23.9 Å². The van der Waals surface area contributed by atoms with E-state index in [2.05, 4.69) is 4.74 Å². The van der Waals surface area contributed by atoms with Crippen LogP contribution in [0.25, 0.3) is 0 Å². The summed E-state index contributed by atoms with van der Waals surface area (Å²) in [6.45, 7) is 2.01. The second-order valence-electron chi connectivity index (χ2n) is 4.87. The number of carbonyl (C=O) groups excluding carboxylic acids is 1. The Balaban J connectivity index is 2.05. The van der Waals surface area contributed by atoms with Gasteiger partial charge in [0.25, 0.3) is 5.91 Å². The molecule has 1 fully saturated rings. The number of carbonyl (C=O) groups is 1. The Morgan fingerprint density at radius 2 is 1.80 bits per heavy atom. The summed E-state index contributed by atoms with van der Waals surface area (Å²) >= 11 is 0. The molecule has 1 saturated heterocycles. The van der Waals surface area contributed by atoms with Crippen LogP contribution >= 0.6 is 0 Å². The Kier molecular flexibility index (Phi) is 4.54. The molecule has 0 aromatic heterocycles. The number of alkyl halides is 2. The summed E-state index contributed by atoms with van der Waals surface area (Å²) < 4.78 is 33.9. The van der Waals surface area contributed by atoms with Gasteiger partial charge in [0, 0.05) is 18.7 Å². The van der Waals surface area contributed by atoms with Crippen molar-refractivity contribution < 1.29 is 23.0 Å². The molecule has 2 rings (SSSR count). The predicted octanol–water partition coefficient (Wildman–Crippen LogP) is 2.54. The fourth-order valence-corrected chi connectivity index (χ4v) is 2.31. The van der Waals surface area contributed by atoms with Gasteiger partial charge in [-0.15, -0.1) is 0 Å². The van der Waals surface area contributed by atoms with E-state index in [0.717, 1.165) is 0 Å². The first kappa shape index (κ1) is 14.7. The first-order valence-electron chi connectivity index (χ1n) is 6.45. The van der Waals surface area contributed by atoms with Crippen LogP contribution < -0.4 is 4.74 Å². The first-order chi connectivity index (χ1) is 9.45. The van der Waals surface area contributed by atoms with Crippen LogP contribution in [-0.4, -0.2) is 42.7 Å². The molecular formula is C14H17F2NO3. The number of amides is 1. The van der Waals surface area contributed by atoms with Crippen molar-refractivity contribution in [3.05, 3.63) is 29.8 Å². The molecule has 1 aromatic carbocycles. The molecule has 1 aliphatic heterocycles. The van der Waals surface area contributed by atoms with Crippen LogP contribution in [0.1, 0.15) is 24.2 Å². The molecule has 2 atom stereocenters. The lowest BCUT2D eigenvalue weighted by Gasteiger charge is -2.35. The normalized spacial score (nSPS) is 22.9. The molecule has 0 N–H and O–H groups in total. The smallest absolute Gasteiger partial charge is 0.387 e. The Hall–Kier alpha value is -1.69. The molecule has 0 spiro atoms. The van der Waals surface area contributed by atoms with E-state index in [1.165, 1.54) is 24.3 Å². The van der Waals surface area contributed by atoms with Gasteiger partial charge in [-0.3, -0.25) is 4.79 Å². The van der Waals surface area contributed by atoms with Crippen LogP contribution in [0.3, 0.4) is 0 Å². The number of rotatable bonds is 3. The van der Waals surface area contributed by atoms with Gasteiger partial charge >= 0.3 is 6.61 Å². The fourth-order valence-electron chi connectivity index (χ4n) is 2.31. The number of morpholine rings is 1. The minimum Gasteiger partial charge on any atom is -0.435 e. The van der Waals surface area contributed by atoms with Crippen molar-refractivity contribution in [3.63, 3.8) is 0 Å². The van der Waals surface area contributed by atoms with Crippen molar-refractivity contribution >= 4 is 5.91 Å². The molecule has 1 aromatic rings. The van der Waals surface area contributed by atoms with Gasteiger partial charge in [0.05, 0.1) is 12.2 Å². The lowest BCUT2D eigenvalue weighted by molar-refractivity contribution is -0.0586. The van der Waals surface area contributed by atoms with Crippen molar-refractivity contribution in [2.45, 2.75) is 32.7 Å². The highest BCUT2D eigenvalue weighted by molar-refractivity contribution is 5.94. The molecule has 0 bridgehead atoms. The van der Waals surface area contributed by atoms with Crippen molar-refractivity contribution in [2.75, 3.05) is 13.1 Å². The molecule has 0 saturated carbocycles. The highest BCUT2D eigenvalue weighted by atomic mass is 19.3. The third-order valence-electron chi connectivity index (χ3n) is 3.03. The SMILES string of the molecule is CC1CN(C(=O)c2ccc(OC(F)F)cc2)CC(C)O1. The van der Waals surface area contributed by atoms with Crippen LogP contribution in [0.15, 0.2) is 24.3 Å². The van der Waals surface area contributed by atoms with Crippen LogP contribution in [-0.2, 0) is 4.74 Å². The third kappa shape index (κ3) is 3.66. The van der Waals surface area contributed by atoms with E-state index in [1.54, 1.807) is 4.90 Å². The monoisotopic (exact) mass is 285 g/mol. The Morgan fingerprint density at radius 3 is 2.30 bits per heavy atom. The van der Waals surface area contributed by atoms with Gasteiger partial charge in [0.1, 0.15) is 5.75 Å². The highest BCUT2D eigenvalue weighted by Gasteiger charge is 2.26. The molecular weight excluding hydrogens is 268 g/mol. The Labute approximate surface area is 116 Å². The quantitative estimate of drug-likeness (QED) is 0.856. The lowest BCUT2D eigenvalue weighted by Crippen LogP contribution is -2.48. The van der Waals surface area contributed by atoms with Crippen molar-refractivity contribution in [3.8, 4) is 5.75 Å². The maximum absolute atomic E-state index is 12.3. The summed E-state index contributed by atoms with van der Waals surface area (Å²) in [5, 5.41) is 0. The summed E-state index contributed by atoms with van der Waals surface area (Å²) in [6, 6.07) is 5.72. The molecule has 0 aliphatic carbocycles. The fraction of sp³-hybridized carbons (Fsp3) is 0.500. The zero-order chi connectivity index (χ0) is 14.7. The molecule has 1 heterocycles. The van der Waals surface area contributed by atoms with Crippen molar-refractivity contribution in [1.29, 1.82) is 0 Å². The Morgan fingerprint density at radius 1 is 1.25 bits per heavy atom. The number of benzene rings is 1. The maximum atomic E-state index is 12.3. The maximum Gasteiger partial charge on any atom is 0.387 e. The number of nitrogens with zero attached hydrogens (tertiary/aromatic N) is 1. The average molecular weight is 285 g/mol. The Bertz CT molecular complexity index is 454. The molecule has 20 heavy (non-hydrogen) atoms. The van der Waals surface area contributed by atoms with E-state index < -0.39 is 6.61 Å². The standard InChI is InChI=1S/C14H17F2NO3/c1-9-7-17(8-10(2)19-9)13(18)11-3-5-12(6-4-11)20-14(15)16/h3-6,9-10,14H,7-8H2,1-2H3. The third-order valence-corrected chi connectivity index (χ3v) is 3.03. The van der Waals surface area contributed by atoms with E-state index in [9.17, 15) is 13.6 Å². The van der Waals surface area contributed by atoms with E-state index >= 15 is 0 Å². The predicted molar refractivity (Wildman–Crippen MR) is 69.0 cm³/mol. The highest BCUT2D eigenvalue weighted by Crippen LogP contribution is 2.18. The molecule has 0 radical (unpaired) electrons. The molecule has 1 aliphatic rings. The molecule has 2 unspecified atom stereocenters. The summed E-state index contributed by atoms with van der Waals surface area (Å²) in [5.74, 6) is -0.0872. The summed E-state index contributed by atoms with van der Waals surface area (Å²) in [5.41, 5.74) is 0.452. The van der Waals surface area contributed by atoms with Gasteiger partial charge in [-0.25, -0.2) is 0 Å².